The van der Waals surface area contributed by atoms with Gasteiger partial charge in [-0.1, -0.05) is 54.7 Å². The van der Waals surface area contributed by atoms with Crippen molar-refractivity contribution in [2.75, 3.05) is 6.26 Å². The van der Waals surface area contributed by atoms with E-state index in [0.717, 1.165) is 24.2 Å². The SMILES string of the molecule is C\C=C/C(=C\C=C\c1oc2ccccc2c1SC)C1=CC=CCC1. The Morgan fingerprint density at radius 1 is 1.25 bits per heavy atom. The van der Waals surface area contributed by atoms with Crippen LogP contribution in [-0.4, -0.2) is 6.26 Å². The van der Waals surface area contributed by atoms with Gasteiger partial charge >= 0.3 is 0 Å². The molecular weight excluding hydrogens is 312 g/mol. The van der Waals surface area contributed by atoms with Gasteiger partial charge in [-0.25, -0.2) is 0 Å². The van der Waals surface area contributed by atoms with Gasteiger partial charge in [0.05, 0.1) is 4.90 Å². The molecule has 0 bridgehead atoms. The van der Waals surface area contributed by atoms with Crippen molar-refractivity contribution in [2.45, 2.75) is 24.7 Å². The molecule has 2 heteroatoms. The van der Waals surface area contributed by atoms with Crippen molar-refractivity contribution < 1.29 is 4.42 Å². The summed E-state index contributed by atoms with van der Waals surface area (Å²) >= 11 is 1.73. The molecule has 0 radical (unpaired) electrons. The highest BCUT2D eigenvalue weighted by atomic mass is 32.2. The van der Waals surface area contributed by atoms with Crippen LogP contribution in [0.3, 0.4) is 0 Å². The summed E-state index contributed by atoms with van der Waals surface area (Å²) in [6, 6.07) is 8.20. The quantitative estimate of drug-likeness (QED) is 0.433. The average molecular weight is 334 g/mol. The molecule has 0 amide bonds. The van der Waals surface area contributed by atoms with Crippen LogP contribution in [0.5, 0.6) is 0 Å². The fraction of sp³-hybridized carbons (Fsp3) is 0.182. The van der Waals surface area contributed by atoms with Gasteiger partial charge in [0.2, 0.25) is 0 Å². The standard InChI is InChI=1S/C22H22OS/c1-3-10-17(18-11-5-4-6-12-18)13-9-16-21-22(24-2)19-14-7-8-15-20(19)23-21/h3-5,7-11,13-16H,6,12H2,1-2H3/b10-3-,16-9+,17-13+. The Hall–Kier alpha value is -2.19. The predicted octanol–water partition coefficient (Wildman–Crippen LogP) is 6.95. The van der Waals surface area contributed by atoms with Crippen LogP contribution < -0.4 is 0 Å². The Morgan fingerprint density at radius 3 is 2.88 bits per heavy atom. The number of para-hydroxylation sites is 1. The summed E-state index contributed by atoms with van der Waals surface area (Å²) in [5, 5.41) is 1.18. The molecule has 0 saturated carbocycles. The van der Waals surface area contributed by atoms with Crippen LogP contribution in [0.25, 0.3) is 17.0 Å². The van der Waals surface area contributed by atoms with E-state index in [9.17, 15) is 0 Å². The van der Waals surface area contributed by atoms with E-state index in [1.807, 2.05) is 12.1 Å². The summed E-state index contributed by atoms with van der Waals surface area (Å²) in [5.41, 5.74) is 3.59. The minimum Gasteiger partial charge on any atom is -0.455 e. The molecule has 0 N–H and O–H groups in total. The molecule has 2 aromatic rings. The Balaban J connectivity index is 1.91. The van der Waals surface area contributed by atoms with Crippen LogP contribution in [0, 0.1) is 0 Å². The highest BCUT2D eigenvalue weighted by Crippen LogP contribution is 2.33. The van der Waals surface area contributed by atoms with Crippen molar-refractivity contribution in [2.24, 2.45) is 0 Å². The lowest BCUT2D eigenvalue weighted by Gasteiger charge is -2.09. The summed E-state index contributed by atoms with van der Waals surface area (Å²) in [7, 11) is 0. The summed E-state index contributed by atoms with van der Waals surface area (Å²) in [6.07, 6.45) is 21.5. The van der Waals surface area contributed by atoms with E-state index in [1.165, 1.54) is 21.4 Å². The highest BCUT2D eigenvalue weighted by Gasteiger charge is 2.10. The Morgan fingerprint density at radius 2 is 2.12 bits per heavy atom. The van der Waals surface area contributed by atoms with Gasteiger partial charge in [-0.15, -0.1) is 11.8 Å². The number of furan rings is 1. The molecule has 1 aromatic carbocycles. The summed E-state index contributed by atoms with van der Waals surface area (Å²) in [4.78, 5) is 1.20. The monoisotopic (exact) mass is 334 g/mol. The maximum absolute atomic E-state index is 6.00. The first-order valence-electron chi connectivity index (χ1n) is 8.26. The van der Waals surface area contributed by atoms with E-state index < -0.39 is 0 Å². The smallest absolute Gasteiger partial charge is 0.141 e. The molecule has 1 aliphatic carbocycles. The maximum Gasteiger partial charge on any atom is 0.141 e. The molecule has 122 valence electrons. The van der Waals surface area contributed by atoms with Gasteiger partial charge in [0.25, 0.3) is 0 Å². The van der Waals surface area contributed by atoms with Crippen LogP contribution in [0.1, 0.15) is 25.5 Å². The first-order valence-corrected chi connectivity index (χ1v) is 9.48. The zero-order valence-electron chi connectivity index (χ0n) is 14.2. The number of rotatable bonds is 5. The van der Waals surface area contributed by atoms with Gasteiger partial charge in [0, 0.05) is 5.39 Å². The summed E-state index contributed by atoms with van der Waals surface area (Å²) < 4.78 is 6.00. The molecule has 0 unspecified atom stereocenters. The van der Waals surface area contributed by atoms with Crippen molar-refractivity contribution in [1.29, 1.82) is 0 Å². The lowest BCUT2D eigenvalue weighted by Crippen LogP contribution is -1.90. The van der Waals surface area contributed by atoms with E-state index in [0.29, 0.717) is 0 Å². The molecule has 0 aliphatic heterocycles. The number of fused-ring (bicyclic) bond motifs is 1. The van der Waals surface area contributed by atoms with Crippen LogP contribution in [0.15, 0.2) is 87.3 Å². The second-order valence-corrected chi connectivity index (χ2v) is 6.45. The topological polar surface area (TPSA) is 13.1 Å². The second-order valence-electron chi connectivity index (χ2n) is 5.64. The highest BCUT2D eigenvalue weighted by molar-refractivity contribution is 7.98. The minimum atomic E-state index is 0.928. The van der Waals surface area contributed by atoms with Crippen molar-refractivity contribution in [3.63, 3.8) is 0 Å². The molecule has 1 aromatic heterocycles. The normalized spacial score (nSPS) is 15.8. The first kappa shape index (κ1) is 16.7. The maximum atomic E-state index is 6.00. The zero-order chi connectivity index (χ0) is 16.8. The van der Waals surface area contributed by atoms with Gasteiger partial charge in [-0.2, -0.15) is 0 Å². The van der Waals surface area contributed by atoms with Crippen molar-refractivity contribution in [1.82, 2.24) is 0 Å². The van der Waals surface area contributed by atoms with E-state index >= 15 is 0 Å². The summed E-state index contributed by atoms with van der Waals surface area (Å²) in [5.74, 6) is 0.928. The van der Waals surface area contributed by atoms with E-state index in [-0.39, 0.29) is 0 Å². The second kappa shape index (κ2) is 8.07. The lowest BCUT2D eigenvalue weighted by atomic mass is 9.96. The number of benzene rings is 1. The fourth-order valence-corrected chi connectivity index (χ4v) is 3.59. The minimum absolute atomic E-state index is 0.928. The number of thioether (sulfide) groups is 1. The van der Waals surface area contributed by atoms with E-state index in [4.69, 9.17) is 4.42 Å². The van der Waals surface area contributed by atoms with Gasteiger partial charge in [0.15, 0.2) is 0 Å². The number of allylic oxidation sites excluding steroid dienone is 9. The predicted molar refractivity (Wildman–Crippen MR) is 106 cm³/mol. The number of hydrogen-bond donors (Lipinski definition) is 0. The molecule has 0 fully saturated rings. The molecule has 0 spiro atoms. The van der Waals surface area contributed by atoms with Crippen LogP contribution in [-0.2, 0) is 0 Å². The Labute approximate surface area is 148 Å². The molecule has 3 rings (SSSR count). The Bertz CT molecular complexity index is 859. The molecule has 1 nitrogen and oxygen atoms in total. The van der Waals surface area contributed by atoms with Crippen molar-refractivity contribution in [3.8, 4) is 0 Å². The number of hydrogen-bond acceptors (Lipinski definition) is 2. The molecule has 1 heterocycles. The van der Waals surface area contributed by atoms with Gasteiger partial charge < -0.3 is 4.42 Å². The molecule has 0 atom stereocenters. The van der Waals surface area contributed by atoms with Crippen LogP contribution in [0.2, 0.25) is 0 Å². The van der Waals surface area contributed by atoms with Gasteiger partial charge in [-0.3, -0.25) is 0 Å². The van der Waals surface area contributed by atoms with Crippen molar-refractivity contribution >= 4 is 28.8 Å². The third-order valence-electron chi connectivity index (χ3n) is 4.03. The lowest BCUT2D eigenvalue weighted by molar-refractivity contribution is 0.595. The fourth-order valence-electron chi connectivity index (χ4n) is 2.89. The third-order valence-corrected chi connectivity index (χ3v) is 4.86. The van der Waals surface area contributed by atoms with E-state index in [2.05, 4.69) is 73.9 Å². The largest absolute Gasteiger partial charge is 0.455 e. The van der Waals surface area contributed by atoms with Crippen LogP contribution in [0.4, 0.5) is 0 Å². The van der Waals surface area contributed by atoms with Crippen LogP contribution >= 0.6 is 11.8 Å². The average Bonchev–Trinajstić information content (AvgIpc) is 2.99. The molecular formula is C22H22OS. The van der Waals surface area contributed by atoms with Gasteiger partial charge in [0.1, 0.15) is 11.3 Å². The molecule has 1 aliphatic rings. The first-order chi connectivity index (χ1) is 11.8. The summed E-state index contributed by atoms with van der Waals surface area (Å²) in [6.45, 7) is 2.06. The molecule has 24 heavy (non-hydrogen) atoms. The third kappa shape index (κ3) is 3.65. The zero-order valence-corrected chi connectivity index (χ0v) is 15.0. The van der Waals surface area contributed by atoms with Gasteiger partial charge in [-0.05, 0) is 55.4 Å². The Kier molecular flexibility index (Phi) is 5.60. The van der Waals surface area contributed by atoms with Crippen molar-refractivity contribution in [3.05, 3.63) is 83.7 Å². The van der Waals surface area contributed by atoms with E-state index in [1.54, 1.807) is 11.8 Å². The molecule has 0 saturated heterocycles.